The Hall–Kier alpha value is -2.46. The zero-order valence-electron chi connectivity index (χ0n) is 15.6. The summed E-state index contributed by atoms with van der Waals surface area (Å²) in [7, 11) is -3.31. The minimum Gasteiger partial charge on any atom is -0.456 e. The molecule has 1 aliphatic rings. The molecule has 0 radical (unpaired) electrons. The lowest BCUT2D eigenvalue weighted by molar-refractivity contribution is -0.116. The monoisotopic (exact) mass is 423 g/mol. The van der Waals surface area contributed by atoms with Crippen molar-refractivity contribution in [2.24, 2.45) is 0 Å². The number of carbonyl (C=O) groups excluding carboxylic acids is 2. The van der Waals surface area contributed by atoms with Gasteiger partial charge in [0.25, 0.3) is 0 Å². The zero-order valence-corrected chi connectivity index (χ0v) is 17.3. The summed E-state index contributed by atoms with van der Waals surface area (Å²) in [5.74, 6) is -0.552. The standard InChI is InChI=1S/C18H21N3O5S2/c1-3-20(13(2)22)18-19-15(12-27-18)11-26-17(23)14-6-4-7-16(10-14)21-8-5-9-28(21,24)25/h4,6-7,10,12H,3,5,8-9,11H2,1-2H3. The van der Waals surface area contributed by atoms with E-state index < -0.39 is 16.0 Å². The molecule has 8 nitrogen and oxygen atoms in total. The minimum atomic E-state index is -3.31. The predicted molar refractivity (Wildman–Crippen MR) is 107 cm³/mol. The number of thiazole rings is 1. The number of carbonyl (C=O) groups is 2. The number of hydrogen-bond acceptors (Lipinski definition) is 7. The summed E-state index contributed by atoms with van der Waals surface area (Å²) in [4.78, 5) is 29.8. The van der Waals surface area contributed by atoms with E-state index >= 15 is 0 Å². The van der Waals surface area contributed by atoms with Crippen LogP contribution < -0.4 is 9.21 Å². The van der Waals surface area contributed by atoms with Gasteiger partial charge >= 0.3 is 5.97 Å². The highest BCUT2D eigenvalue weighted by Crippen LogP contribution is 2.25. The van der Waals surface area contributed by atoms with Gasteiger partial charge in [0.15, 0.2) is 5.13 Å². The maximum atomic E-state index is 12.4. The first-order chi connectivity index (χ1) is 13.3. The van der Waals surface area contributed by atoms with Gasteiger partial charge in [-0.2, -0.15) is 0 Å². The van der Waals surface area contributed by atoms with Gasteiger partial charge in [-0.25, -0.2) is 18.2 Å². The molecule has 3 rings (SSSR count). The molecule has 150 valence electrons. The van der Waals surface area contributed by atoms with Crippen LogP contribution in [0.2, 0.25) is 0 Å². The van der Waals surface area contributed by atoms with E-state index in [1.165, 1.54) is 33.5 Å². The van der Waals surface area contributed by atoms with E-state index in [1.807, 2.05) is 6.92 Å². The average molecular weight is 424 g/mol. The number of aromatic nitrogens is 1. The lowest BCUT2D eigenvalue weighted by Crippen LogP contribution is -2.27. The number of esters is 1. The SMILES string of the molecule is CCN(C(C)=O)c1nc(COC(=O)c2cccc(N3CCCS3(=O)=O)c2)cs1. The lowest BCUT2D eigenvalue weighted by atomic mass is 10.2. The van der Waals surface area contributed by atoms with Gasteiger partial charge < -0.3 is 4.74 Å². The number of nitrogens with zero attached hydrogens (tertiary/aromatic N) is 3. The molecule has 0 aliphatic carbocycles. The van der Waals surface area contributed by atoms with Crippen molar-refractivity contribution in [1.82, 2.24) is 4.98 Å². The minimum absolute atomic E-state index is 0.0307. The quantitative estimate of drug-likeness (QED) is 0.662. The summed E-state index contributed by atoms with van der Waals surface area (Å²) in [5.41, 5.74) is 1.28. The average Bonchev–Trinajstić information content (AvgIpc) is 3.26. The van der Waals surface area contributed by atoms with Crippen LogP contribution >= 0.6 is 11.3 Å². The molecule has 0 bridgehead atoms. The van der Waals surface area contributed by atoms with E-state index in [0.29, 0.717) is 36.0 Å². The maximum absolute atomic E-state index is 12.4. The van der Waals surface area contributed by atoms with Crippen LogP contribution in [0.4, 0.5) is 10.8 Å². The molecular weight excluding hydrogens is 402 g/mol. The van der Waals surface area contributed by atoms with Crippen molar-refractivity contribution in [1.29, 1.82) is 0 Å². The summed E-state index contributed by atoms with van der Waals surface area (Å²) < 4.78 is 30.7. The normalized spacial score (nSPS) is 15.4. The van der Waals surface area contributed by atoms with Gasteiger partial charge in [0.2, 0.25) is 15.9 Å². The Labute approximate surface area is 167 Å². The molecule has 28 heavy (non-hydrogen) atoms. The Kier molecular flexibility index (Phi) is 5.99. The van der Waals surface area contributed by atoms with Crippen molar-refractivity contribution in [3.8, 4) is 0 Å². The summed E-state index contributed by atoms with van der Waals surface area (Å²) in [6.45, 7) is 4.21. The van der Waals surface area contributed by atoms with Crippen molar-refractivity contribution >= 4 is 44.1 Å². The zero-order chi connectivity index (χ0) is 20.3. The Morgan fingerprint density at radius 2 is 2.14 bits per heavy atom. The lowest BCUT2D eigenvalue weighted by Gasteiger charge is -2.17. The van der Waals surface area contributed by atoms with Crippen LogP contribution in [0, 0.1) is 0 Å². The second kappa shape index (κ2) is 8.27. The Bertz CT molecular complexity index is 987. The Morgan fingerprint density at radius 3 is 2.79 bits per heavy atom. The summed E-state index contributed by atoms with van der Waals surface area (Å²) in [6.07, 6.45) is 0.568. The van der Waals surface area contributed by atoms with Crippen LogP contribution in [-0.2, 0) is 26.2 Å². The summed E-state index contributed by atoms with van der Waals surface area (Å²) in [6, 6.07) is 6.39. The fourth-order valence-corrected chi connectivity index (χ4v) is 5.39. The van der Waals surface area contributed by atoms with Crippen LogP contribution in [0.25, 0.3) is 0 Å². The molecule has 1 aromatic carbocycles. The molecule has 2 aromatic rings. The molecule has 0 atom stereocenters. The Balaban J connectivity index is 1.67. The highest BCUT2D eigenvalue weighted by atomic mass is 32.2. The van der Waals surface area contributed by atoms with E-state index in [2.05, 4.69) is 4.98 Å². The molecular formula is C18H21N3O5S2. The van der Waals surface area contributed by atoms with Crippen molar-refractivity contribution in [2.75, 3.05) is 28.0 Å². The van der Waals surface area contributed by atoms with E-state index in [4.69, 9.17) is 4.74 Å². The van der Waals surface area contributed by atoms with E-state index in [9.17, 15) is 18.0 Å². The maximum Gasteiger partial charge on any atom is 0.338 e. The molecule has 10 heteroatoms. The highest BCUT2D eigenvalue weighted by Gasteiger charge is 2.28. The molecule has 0 spiro atoms. The van der Waals surface area contributed by atoms with Crippen LogP contribution in [-0.4, -0.2) is 44.1 Å². The van der Waals surface area contributed by atoms with Gasteiger partial charge in [0, 0.05) is 25.4 Å². The van der Waals surface area contributed by atoms with E-state index in [0.717, 1.165) is 0 Å². The molecule has 1 amide bonds. The molecule has 1 aliphatic heterocycles. The van der Waals surface area contributed by atoms with Crippen LogP contribution in [0.15, 0.2) is 29.6 Å². The van der Waals surface area contributed by atoms with Gasteiger partial charge in [-0.1, -0.05) is 6.07 Å². The first kappa shape index (κ1) is 20.3. The third-order valence-electron chi connectivity index (χ3n) is 4.29. The second-order valence-corrected chi connectivity index (χ2v) is 9.10. The molecule has 1 fully saturated rings. The number of ether oxygens (including phenoxy) is 1. The van der Waals surface area contributed by atoms with Crippen molar-refractivity contribution in [2.45, 2.75) is 26.9 Å². The third-order valence-corrected chi connectivity index (χ3v) is 7.07. The highest BCUT2D eigenvalue weighted by molar-refractivity contribution is 7.93. The van der Waals surface area contributed by atoms with E-state index in [1.54, 1.807) is 23.6 Å². The van der Waals surface area contributed by atoms with Crippen molar-refractivity contribution < 1.29 is 22.7 Å². The summed E-state index contributed by atoms with van der Waals surface area (Å²) in [5, 5.41) is 2.30. The van der Waals surface area contributed by atoms with E-state index in [-0.39, 0.29) is 23.8 Å². The molecule has 2 heterocycles. The van der Waals surface area contributed by atoms with Crippen molar-refractivity contribution in [3.05, 3.63) is 40.9 Å². The second-order valence-electron chi connectivity index (χ2n) is 6.25. The molecule has 1 saturated heterocycles. The van der Waals surface area contributed by atoms with Gasteiger partial charge in [-0.15, -0.1) is 11.3 Å². The number of anilines is 2. The first-order valence-electron chi connectivity index (χ1n) is 8.82. The smallest absolute Gasteiger partial charge is 0.338 e. The first-order valence-corrected chi connectivity index (χ1v) is 11.3. The molecule has 0 unspecified atom stereocenters. The molecule has 0 saturated carbocycles. The number of benzene rings is 1. The Morgan fingerprint density at radius 1 is 1.36 bits per heavy atom. The van der Waals surface area contributed by atoms with Gasteiger partial charge in [-0.3, -0.25) is 14.0 Å². The molecule has 1 aromatic heterocycles. The summed E-state index contributed by atoms with van der Waals surface area (Å²) >= 11 is 1.31. The fourth-order valence-electron chi connectivity index (χ4n) is 2.92. The number of sulfonamides is 1. The van der Waals surface area contributed by atoms with Gasteiger partial charge in [0.1, 0.15) is 6.61 Å². The van der Waals surface area contributed by atoms with Crippen LogP contribution in [0.3, 0.4) is 0 Å². The number of amides is 1. The predicted octanol–water partition coefficient (Wildman–Crippen LogP) is 2.41. The number of hydrogen-bond donors (Lipinski definition) is 0. The molecule has 0 N–H and O–H groups in total. The van der Waals surface area contributed by atoms with Crippen LogP contribution in [0.1, 0.15) is 36.3 Å². The third kappa shape index (κ3) is 4.33. The van der Waals surface area contributed by atoms with Gasteiger partial charge in [-0.05, 0) is 31.5 Å². The fraction of sp³-hybridized carbons (Fsp3) is 0.389. The van der Waals surface area contributed by atoms with Crippen molar-refractivity contribution in [3.63, 3.8) is 0 Å². The topological polar surface area (TPSA) is 96.9 Å². The van der Waals surface area contributed by atoms with Gasteiger partial charge in [0.05, 0.1) is 22.7 Å². The van der Waals surface area contributed by atoms with Crippen LogP contribution in [0.5, 0.6) is 0 Å². The number of rotatable bonds is 6. The largest absolute Gasteiger partial charge is 0.456 e.